The van der Waals surface area contributed by atoms with Gasteiger partial charge in [0, 0.05) is 13.1 Å². The Bertz CT molecular complexity index is 311. The van der Waals surface area contributed by atoms with E-state index in [1.54, 1.807) is 0 Å². The van der Waals surface area contributed by atoms with Crippen LogP contribution in [0, 0.1) is 5.92 Å². The Morgan fingerprint density at radius 1 is 1.60 bits per heavy atom. The van der Waals surface area contributed by atoms with Crippen molar-refractivity contribution < 1.29 is 19.5 Å². The van der Waals surface area contributed by atoms with Gasteiger partial charge in [-0.15, -0.1) is 0 Å². The number of likely N-dealkylation sites (tertiary alicyclic amines) is 1. The maximum absolute atomic E-state index is 11.3. The maximum atomic E-state index is 11.3. The highest BCUT2D eigenvalue weighted by Gasteiger charge is 2.30. The molecular weight excluding hydrogens is 202 g/mol. The Hall–Kier alpha value is -1.88. The zero-order valence-corrected chi connectivity index (χ0v) is 7.97. The fraction of sp³-hybridized carbons (Fsp3) is 0.625. The molecule has 0 aromatic carbocycles. The van der Waals surface area contributed by atoms with E-state index >= 15 is 0 Å². The molecule has 0 radical (unpaired) electrons. The summed E-state index contributed by atoms with van der Waals surface area (Å²) in [7, 11) is 0. The van der Waals surface area contributed by atoms with Crippen LogP contribution in [0.25, 0.3) is 0 Å². The normalized spacial score (nSPS) is 19.5. The molecule has 0 bridgehead atoms. The summed E-state index contributed by atoms with van der Waals surface area (Å²) < 4.78 is 0. The molecule has 0 aromatic heterocycles. The third-order valence-corrected chi connectivity index (χ3v) is 2.20. The summed E-state index contributed by atoms with van der Waals surface area (Å²) >= 11 is 0. The van der Waals surface area contributed by atoms with E-state index in [2.05, 4.69) is 10.3 Å². The fourth-order valence-corrected chi connectivity index (χ4v) is 1.40. The Labute approximate surface area is 85.8 Å². The van der Waals surface area contributed by atoms with Crippen LogP contribution < -0.4 is 5.32 Å². The SMILES string of the molecule is O=C=NCNC(=O)N1CCC(C(=O)O)C1. The molecule has 1 fully saturated rings. The van der Waals surface area contributed by atoms with Gasteiger partial charge in [0.25, 0.3) is 0 Å². The zero-order chi connectivity index (χ0) is 11.3. The summed E-state index contributed by atoms with van der Waals surface area (Å²) in [6.45, 7) is 0.482. The fourth-order valence-electron chi connectivity index (χ4n) is 1.40. The summed E-state index contributed by atoms with van der Waals surface area (Å²) in [5.74, 6) is -1.39. The minimum absolute atomic E-state index is 0.128. The number of amides is 2. The molecule has 2 N–H and O–H groups in total. The van der Waals surface area contributed by atoms with Gasteiger partial charge in [0.1, 0.15) is 6.67 Å². The second-order valence-corrected chi connectivity index (χ2v) is 3.16. The van der Waals surface area contributed by atoms with Gasteiger partial charge in [-0.1, -0.05) is 0 Å². The average Bonchev–Trinajstić information content (AvgIpc) is 2.66. The van der Waals surface area contributed by atoms with Crippen molar-refractivity contribution in [3.63, 3.8) is 0 Å². The molecule has 7 heteroatoms. The first kappa shape index (κ1) is 11.2. The molecule has 7 nitrogen and oxygen atoms in total. The molecule has 82 valence electrons. The molecule has 1 heterocycles. The van der Waals surface area contributed by atoms with E-state index in [9.17, 15) is 14.4 Å². The maximum Gasteiger partial charge on any atom is 0.318 e. The molecular formula is C8H11N3O4. The second-order valence-electron chi connectivity index (χ2n) is 3.16. The summed E-state index contributed by atoms with van der Waals surface area (Å²) in [6.07, 6.45) is 1.75. The first-order chi connectivity index (χ1) is 7.15. The van der Waals surface area contributed by atoms with E-state index in [1.165, 1.54) is 11.0 Å². The van der Waals surface area contributed by atoms with Gasteiger partial charge >= 0.3 is 12.0 Å². The molecule has 1 atom stereocenters. The standard InChI is InChI=1S/C8H11N3O4/c12-5-9-4-10-8(15)11-2-1-6(3-11)7(13)14/h6H,1-4H2,(H,10,15)(H,13,14). The summed E-state index contributed by atoms with van der Waals surface area (Å²) in [4.78, 5) is 36.2. The average molecular weight is 213 g/mol. The van der Waals surface area contributed by atoms with Crippen molar-refractivity contribution in [2.45, 2.75) is 6.42 Å². The molecule has 2 amide bonds. The minimum atomic E-state index is -0.892. The first-order valence-electron chi connectivity index (χ1n) is 4.44. The Kier molecular flexibility index (Phi) is 3.82. The van der Waals surface area contributed by atoms with E-state index < -0.39 is 17.9 Å². The van der Waals surface area contributed by atoms with Gasteiger partial charge in [0.2, 0.25) is 6.08 Å². The van der Waals surface area contributed by atoms with Gasteiger partial charge in [-0.25, -0.2) is 9.59 Å². The predicted octanol–water partition coefficient (Wildman–Crippen LogP) is -0.604. The topological polar surface area (TPSA) is 99.1 Å². The predicted molar refractivity (Wildman–Crippen MR) is 48.8 cm³/mol. The number of nitrogens with one attached hydrogen (secondary N) is 1. The second kappa shape index (κ2) is 5.11. The number of carbonyl (C=O) groups is 2. The molecule has 1 saturated heterocycles. The number of hydrogen-bond acceptors (Lipinski definition) is 4. The van der Waals surface area contributed by atoms with Crippen LogP contribution in [0.5, 0.6) is 0 Å². The van der Waals surface area contributed by atoms with Crippen molar-refractivity contribution in [2.24, 2.45) is 10.9 Å². The monoisotopic (exact) mass is 213 g/mol. The van der Waals surface area contributed by atoms with Crippen LogP contribution in [0.2, 0.25) is 0 Å². The molecule has 1 aliphatic heterocycles. The van der Waals surface area contributed by atoms with Crippen molar-refractivity contribution in [3.05, 3.63) is 0 Å². The van der Waals surface area contributed by atoms with Crippen LogP contribution >= 0.6 is 0 Å². The number of rotatable bonds is 3. The van der Waals surface area contributed by atoms with Crippen LogP contribution in [0.15, 0.2) is 4.99 Å². The molecule has 0 aromatic rings. The van der Waals surface area contributed by atoms with E-state index in [0.29, 0.717) is 13.0 Å². The van der Waals surface area contributed by atoms with Crippen LogP contribution in [-0.2, 0) is 9.59 Å². The molecule has 0 aliphatic carbocycles. The van der Waals surface area contributed by atoms with Crippen molar-refractivity contribution >= 4 is 18.1 Å². The van der Waals surface area contributed by atoms with Crippen LogP contribution in [0.1, 0.15) is 6.42 Å². The molecule has 15 heavy (non-hydrogen) atoms. The number of hydrogen-bond donors (Lipinski definition) is 2. The first-order valence-corrected chi connectivity index (χ1v) is 4.44. The molecule has 1 unspecified atom stereocenters. The number of carboxylic acids is 1. The Morgan fingerprint density at radius 2 is 2.33 bits per heavy atom. The van der Waals surface area contributed by atoms with Crippen molar-refractivity contribution in [1.82, 2.24) is 10.2 Å². The van der Waals surface area contributed by atoms with E-state index in [4.69, 9.17) is 5.11 Å². The molecule has 0 spiro atoms. The van der Waals surface area contributed by atoms with Crippen molar-refractivity contribution in [1.29, 1.82) is 0 Å². The lowest BCUT2D eigenvalue weighted by Crippen LogP contribution is -2.38. The Balaban J connectivity index is 2.36. The largest absolute Gasteiger partial charge is 0.481 e. The molecule has 1 aliphatic rings. The van der Waals surface area contributed by atoms with Gasteiger partial charge in [-0.05, 0) is 6.42 Å². The highest BCUT2D eigenvalue weighted by atomic mass is 16.4. The van der Waals surface area contributed by atoms with Crippen LogP contribution in [0.3, 0.4) is 0 Å². The lowest BCUT2D eigenvalue weighted by atomic mass is 10.1. The molecule has 0 saturated carbocycles. The van der Waals surface area contributed by atoms with Gasteiger partial charge < -0.3 is 15.3 Å². The van der Waals surface area contributed by atoms with E-state index in [0.717, 1.165) is 0 Å². The zero-order valence-electron chi connectivity index (χ0n) is 7.97. The minimum Gasteiger partial charge on any atom is -0.481 e. The third-order valence-electron chi connectivity index (χ3n) is 2.20. The van der Waals surface area contributed by atoms with Gasteiger partial charge in [0.15, 0.2) is 0 Å². The van der Waals surface area contributed by atoms with Gasteiger partial charge in [-0.2, -0.15) is 4.99 Å². The number of urea groups is 1. The number of aliphatic carboxylic acids is 1. The quantitative estimate of drug-likeness (QED) is 0.482. The summed E-state index contributed by atoms with van der Waals surface area (Å²) in [5, 5.41) is 11.0. The number of isocyanates is 1. The Morgan fingerprint density at radius 3 is 2.87 bits per heavy atom. The number of carboxylic acid groups (broad SMARTS) is 1. The number of nitrogens with zero attached hydrogens (tertiary/aromatic N) is 2. The summed E-state index contributed by atoms with van der Waals surface area (Å²) in [5.41, 5.74) is 0. The highest BCUT2D eigenvalue weighted by Crippen LogP contribution is 2.15. The highest BCUT2D eigenvalue weighted by molar-refractivity contribution is 5.77. The van der Waals surface area contributed by atoms with Crippen molar-refractivity contribution in [2.75, 3.05) is 19.8 Å². The van der Waals surface area contributed by atoms with Crippen LogP contribution in [0.4, 0.5) is 4.79 Å². The number of aliphatic imine (C=N–C) groups is 1. The molecule has 1 rings (SSSR count). The van der Waals surface area contributed by atoms with Gasteiger partial charge in [0.05, 0.1) is 5.92 Å². The smallest absolute Gasteiger partial charge is 0.318 e. The lowest BCUT2D eigenvalue weighted by molar-refractivity contribution is -0.141. The van der Waals surface area contributed by atoms with Gasteiger partial charge in [-0.3, -0.25) is 4.79 Å². The van der Waals surface area contributed by atoms with Crippen molar-refractivity contribution in [3.8, 4) is 0 Å². The number of carbonyl (C=O) groups excluding carboxylic acids is 2. The third kappa shape index (κ3) is 3.07. The summed E-state index contributed by atoms with van der Waals surface area (Å²) in [6, 6.07) is -0.405. The van der Waals surface area contributed by atoms with E-state index in [1.807, 2.05) is 0 Å². The van der Waals surface area contributed by atoms with Crippen LogP contribution in [-0.4, -0.2) is 47.8 Å². The lowest BCUT2D eigenvalue weighted by Gasteiger charge is -2.15. The van der Waals surface area contributed by atoms with E-state index in [-0.39, 0.29) is 13.2 Å².